The van der Waals surface area contributed by atoms with E-state index in [2.05, 4.69) is 9.97 Å². The Hall–Kier alpha value is -3.16. The Balaban J connectivity index is 2.03. The molecule has 8 heteroatoms. The fourth-order valence-electron chi connectivity index (χ4n) is 2.82. The Bertz CT molecular complexity index is 1000. The summed E-state index contributed by atoms with van der Waals surface area (Å²) in [6.07, 6.45) is 3.17. The maximum atomic E-state index is 12.6. The van der Waals surface area contributed by atoms with Gasteiger partial charge in [0.2, 0.25) is 11.5 Å². The van der Waals surface area contributed by atoms with Gasteiger partial charge in [-0.2, -0.15) is 0 Å². The molecule has 1 aliphatic heterocycles. The van der Waals surface area contributed by atoms with Crippen LogP contribution in [0.1, 0.15) is 23.5 Å². The molecule has 0 atom stereocenters. The highest BCUT2D eigenvalue weighted by Crippen LogP contribution is 2.34. The molecular weight excluding hydrogens is 288 g/mol. The van der Waals surface area contributed by atoms with Crippen molar-refractivity contribution in [1.29, 1.82) is 0 Å². The number of nitro groups is 1. The summed E-state index contributed by atoms with van der Waals surface area (Å²) in [7, 11) is 0. The first-order valence-corrected chi connectivity index (χ1v) is 6.59. The molecule has 1 aliphatic carbocycles. The number of aromatic nitrogens is 3. The summed E-state index contributed by atoms with van der Waals surface area (Å²) in [4.78, 5) is 43.5. The predicted molar refractivity (Wildman–Crippen MR) is 75.7 cm³/mol. The lowest BCUT2D eigenvalue weighted by Crippen LogP contribution is -2.23. The summed E-state index contributed by atoms with van der Waals surface area (Å²) in [5.41, 5.74) is 0.456. The average Bonchev–Trinajstić information content (AvgIpc) is 2.80. The molecule has 0 fully saturated rings. The number of nitrogens with zero attached hydrogens (tertiary/aromatic N) is 4. The minimum atomic E-state index is -0.506. The molecule has 3 heterocycles. The van der Waals surface area contributed by atoms with E-state index in [-0.39, 0.29) is 41.1 Å². The molecule has 2 aliphatic rings. The molecule has 2 aromatic heterocycles. The zero-order chi connectivity index (χ0) is 15.4. The van der Waals surface area contributed by atoms with Crippen LogP contribution in [0.3, 0.4) is 0 Å². The van der Waals surface area contributed by atoms with E-state index in [1.165, 1.54) is 16.8 Å². The van der Waals surface area contributed by atoms with Crippen molar-refractivity contribution in [1.82, 2.24) is 14.5 Å². The number of fused-ring (bicyclic) bond motifs is 3. The van der Waals surface area contributed by atoms with E-state index < -0.39 is 10.7 Å². The second kappa shape index (κ2) is 4.17. The lowest BCUT2D eigenvalue weighted by atomic mass is 10.0. The summed E-state index contributed by atoms with van der Waals surface area (Å²) in [5.74, 6) is -0.499. The topological polar surface area (TPSA) is 108 Å². The monoisotopic (exact) mass is 296 g/mol. The number of carbonyl (C=O) groups excluding carboxylic acids is 1. The van der Waals surface area contributed by atoms with E-state index in [0.29, 0.717) is 11.1 Å². The molecule has 0 N–H and O–H groups in total. The zero-order valence-corrected chi connectivity index (χ0v) is 11.1. The van der Waals surface area contributed by atoms with Crippen LogP contribution in [0.25, 0.3) is 16.7 Å². The van der Waals surface area contributed by atoms with Crippen LogP contribution in [0.15, 0.2) is 40.5 Å². The van der Waals surface area contributed by atoms with E-state index in [1.807, 2.05) is 0 Å². The predicted octanol–water partition coefficient (Wildman–Crippen LogP) is 1.15. The highest BCUT2D eigenvalue weighted by atomic mass is 16.6. The molecule has 4 rings (SSSR count). The minimum Gasteiger partial charge on any atom is -0.285 e. The second-order valence-corrected chi connectivity index (χ2v) is 5.03. The number of rotatable bonds is 1. The summed E-state index contributed by atoms with van der Waals surface area (Å²) in [5, 5.41) is 11.2. The smallest absolute Gasteiger partial charge is 0.267 e. The molecule has 0 spiro atoms. The Morgan fingerprint density at radius 3 is 2.86 bits per heavy atom. The van der Waals surface area contributed by atoms with Crippen molar-refractivity contribution < 1.29 is 9.72 Å². The van der Waals surface area contributed by atoms with Gasteiger partial charge in [-0.1, -0.05) is 0 Å². The SMILES string of the molecule is O=C1C2=C(CCC([N+](=O)[O-])=C2)n2c1nc1ncccc1c2=O. The number of carbonyl (C=O) groups is 1. The summed E-state index contributed by atoms with van der Waals surface area (Å²) < 4.78 is 1.26. The average molecular weight is 296 g/mol. The van der Waals surface area contributed by atoms with Crippen molar-refractivity contribution in [2.75, 3.05) is 0 Å². The number of hydrogen-bond donors (Lipinski definition) is 0. The number of Topliss-reactive ketones (excluding diaryl/α,β-unsaturated/α-hetero) is 1. The van der Waals surface area contributed by atoms with E-state index in [0.717, 1.165) is 0 Å². The molecule has 22 heavy (non-hydrogen) atoms. The van der Waals surface area contributed by atoms with Gasteiger partial charge in [0.05, 0.1) is 15.9 Å². The van der Waals surface area contributed by atoms with Gasteiger partial charge in [0, 0.05) is 24.4 Å². The molecule has 0 bridgehead atoms. The fraction of sp³-hybridized carbons (Fsp3) is 0.143. The third-order valence-corrected chi connectivity index (χ3v) is 3.84. The molecule has 0 saturated heterocycles. The van der Waals surface area contributed by atoms with E-state index in [1.54, 1.807) is 12.1 Å². The van der Waals surface area contributed by atoms with E-state index in [9.17, 15) is 19.7 Å². The molecule has 0 saturated carbocycles. The largest absolute Gasteiger partial charge is 0.285 e. The van der Waals surface area contributed by atoms with Crippen LogP contribution in [-0.2, 0) is 0 Å². The van der Waals surface area contributed by atoms with Gasteiger partial charge in [-0.15, -0.1) is 0 Å². The van der Waals surface area contributed by atoms with Crippen LogP contribution in [0.4, 0.5) is 0 Å². The standard InChI is InChI=1S/C14H8N4O4/c19-11-9-6-7(18(21)22)3-4-10(9)17-13(11)16-12-8(14(17)20)2-1-5-15-12/h1-2,5-6H,3-4H2. The van der Waals surface area contributed by atoms with Crippen molar-refractivity contribution >= 4 is 22.5 Å². The first-order chi connectivity index (χ1) is 10.6. The maximum Gasteiger partial charge on any atom is 0.267 e. The normalized spacial score (nSPS) is 16.5. The molecule has 8 nitrogen and oxygen atoms in total. The maximum absolute atomic E-state index is 12.6. The zero-order valence-electron chi connectivity index (χ0n) is 11.1. The van der Waals surface area contributed by atoms with Gasteiger partial charge in [0.15, 0.2) is 11.5 Å². The van der Waals surface area contributed by atoms with Crippen LogP contribution in [0, 0.1) is 10.1 Å². The Morgan fingerprint density at radius 1 is 1.27 bits per heavy atom. The van der Waals surface area contributed by atoms with Gasteiger partial charge in [-0.3, -0.25) is 24.3 Å². The first-order valence-electron chi connectivity index (χ1n) is 6.59. The Kier molecular flexibility index (Phi) is 2.38. The van der Waals surface area contributed by atoms with Gasteiger partial charge in [-0.25, -0.2) is 9.97 Å². The number of ketones is 1. The van der Waals surface area contributed by atoms with Crippen molar-refractivity contribution in [3.05, 3.63) is 62.0 Å². The molecule has 0 amide bonds. The van der Waals surface area contributed by atoms with Gasteiger partial charge in [-0.05, 0) is 18.6 Å². The molecule has 0 aromatic carbocycles. The van der Waals surface area contributed by atoms with Gasteiger partial charge >= 0.3 is 0 Å². The highest BCUT2D eigenvalue weighted by molar-refractivity contribution is 6.16. The summed E-state index contributed by atoms with van der Waals surface area (Å²) in [6, 6.07) is 3.21. The van der Waals surface area contributed by atoms with Crippen molar-refractivity contribution in [2.45, 2.75) is 12.8 Å². The Morgan fingerprint density at radius 2 is 2.09 bits per heavy atom. The fourth-order valence-corrected chi connectivity index (χ4v) is 2.82. The lowest BCUT2D eigenvalue weighted by molar-refractivity contribution is -0.428. The van der Waals surface area contributed by atoms with Crippen LogP contribution in [0.2, 0.25) is 0 Å². The van der Waals surface area contributed by atoms with E-state index in [4.69, 9.17) is 0 Å². The van der Waals surface area contributed by atoms with Crippen LogP contribution in [-0.4, -0.2) is 25.2 Å². The van der Waals surface area contributed by atoms with Crippen molar-refractivity contribution in [2.24, 2.45) is 0 Å². The van der Waals surface area contributed by atoms with Gasteiger partial charge < -0.3 is 0 Å². The third kappa shape index (κ3) is 1.51. The number of hydrogen-bond acceptors (Lipinski definition) is 6. The number of allylic oxidation sites excluding steroid dienone is 4. The minimum absolute atomic E-state index is 0.0259. The van der Waals surface area contributed by atoms with Crippen molar-refractivity contribution in [3.63, 3.8) is 0 Å². The molecule has 0 unspecified atom stereocenters. The third-order valence-electron chi connectivity index (χ3n) is 3.84. The van der Waals surface area contributed by atoms with Gasteiger partial charge in [0.1, 0.15) is 0 Å². The first kappa shape index (κ1) is 12.6. The van der Waals surface area contributed by atoms with Crippen LogP contribution in [0.5, 0.6) is 0 Å². The molecule has 2 aromatic rings. The quantitative estimate of drug-likeness (QED) is 0.577. The lowest BCUT2D eigenvalue weighted by Gasteiger charge is -2.11. The number of pyridine rings is 1. The highest BCUT2D eigenvalue weighted by Gasteiger charge is 2.36. The van der Waals surface area contributed by atoms with Gasteiger partial charge in [0.25, 0.3) is 5.56 Å². The van der Waals surface area contributed by atoms with E-state index >= 15 is 0 Å². The van der Waals surface area contributed by atoms with Crippen molar-refractivity contribution in [3.8, 4) is 0 Å². The van der Waals surface area contributed by atoms with Crippen LogP contribution >= 0.6 is 0 Å². The molecule has 108 valence electrons. The summed E-state index contributed by atoms with van der Waals surface area (Å²) in [6.45, 7) is 0. The van der Waals surface area contributed by atoms with Crippen LogP contribution < -0.4 is 5.56 Å². The molecule has 0 radical (unpaired) electrons. The second-order valence-electron chi connectivity index (χ2n) is 5.03. The molecular formula is C14H8N4O4. The Labute approximate surface area is 122 Å². The summed E-state index contributed by atoms with van der Waals surface area (Å²) >= 11 is 0.